The van der Waals surface area contributed by atoms with Crippen molar-refractivity contribution in [2.75, 3.05) is 10.6 Å². The van der Waals surface area contributed by atoms with Crippen molar-refractivity contribution in [3.63, 3.8) is 0 Å². The fraction of sp³-hybridized carbons (Fsp3) is 0.294. The molecule has 2 aromatic rings. The Labute approximate surface area is 124 Å². The quantitative estimate of drug-likeness (QED) is 0.917. The molecule has 1 aromatic heterocycles. The molecule has 0 aliphatic carbocycles. The second-order valence-corrected chi connectivity index (χ2v) is 5.38. The topological polar surface area (TPSA) is 65.9 Å². The average Bonchev–Trinajstić information content (AvgIpc) is 2.53. The molecule has 0 saturated heterocycles. The first-order chi connectivity index (χ1) is 10.2. The second kappa shape index (κ2) is 5.45. The fourth-order valence-electron chi connectivity index (χ4n) is 2.94. The first-order valence-electron chi connectivity index (χ1n) is 7.23. The number of anilines is 2. The lowest BCUT2D eigenvalue weighted by Crippen LogP contribution is -2.40. The molecule has 0 radical (unpaired) electrons. The number of nitrogens with zero attached hydrogens (tertiary/aromatic N) is 3. The highest BCUT2D eigenvalue weighted by atomic mass is 15.2. The lowest BCUT2D eigenvalue weighted by atomic mass is 9.92. The van der Waals surface area contributed by atoms with Gasteiger partial charge in [-0.1, -0.05) is 31.2 Å². The monoisotopic (exact) mass is 278 g/mol. The fourth-order valence-corrected chi connectivity index (χ4v) is 2.94. The van der Waals surface area contributed by atoms with E-state index in [-0.39, 0.29) is 0 Å². The van der Waals surface area contributed by atoms with Crippen LogP contribution in [0.25, 0.3) is 0 Å². The number of aromatic nitrogens is 1. The molecule has 2 heterocycles. The number of nitrogen functional groups attached to an aromatic ring is 1. The van der Waals surface area contributed by atoms with Gasteiger partial charge in [-0.15, -0.1) is 0 Å². The van der Waals surface area contributed by atoms with Gasteiger partial charge in [0.1, 0.15) is 17.7 Å². The molecule has 1 atom stereocenters. The maximum Gasteiger partial charge on any atom is 0.143 e. The number of nitriles is 1. The molecular weight excluding hydrogens is 260 g/mol. The van der Waals surface area contributed by atoms with Crippen LogP contribution in [0.4, 0.5) is 11.6 Å². The van der Waals surface area contributed by atoms with Crippen molar-refractivity contribution in [2.24, 2.45) is 0 Å². The summed E-state index contributed by atoms with van der Waals surface area (Å²) in [6.07, 6.45) is 2.07. The largest absolute Gasteiger partial charge is 0.383 e. The summed E-state index contributed by atoms with van der Waals surface area (Å²) in [6, 6.07) is 14.7. The van der Waals surface area contributed by atoms with Crippen LogP contribution in [0.3, 0.4) is 0 Å². The number of hydrogen-bond acceptors (Lipinski definition) is 4. The van der Waals surface area contributed by atoms with Gasteiger partial charge in [-0.2, -0.15) is 5.26 Å². The van der Waals surface area contributed by atoms with Crippen molar-refractivity contribution in [3.8, 4) is 6.07 Å². The molecule has 21 heavy (non-hydrogen) atoms. The van der Waals surface area contributed by atoms with Gasteiger partial charge in [-0.3, -0.25) is 0 Å². The highest BCUT2D eigenvalue weighted by Gasteiger charge is 2.25. The number of rotatable bonds is 2. The van der Waals surface area contributed by atoms with Gasteiger partial charge in [0.15, 0.2) is 0 Å². The summed E-state index contributed by atoms with van der Waals surface area (Å²) < 4.78 is 0. The van der Waals surface area contributed by atoms with Gasteiger partial charge in [0.2, 0.25) is 0 Å². The average molecular weight is 278 g/mol. The Morgan fingerprint density at radius 3 is 2.71 bits per heavy atom. The third-order valence-electron chi connectivity index (χ3n) is 4.15. The summed E-state index contributed by atoms with van der Waals surface area (Å²) in [5.41, 5.74) is 9.05. The zero-order valence-corrected chi connectivity index (χ0v) is 12.1. The molecule has 4 heteroatoms. The summed E-state index contributed by atoms with van der Waals surface area (Å²) in [4.78, 5) is 6.71. The molecule has 106 valence electrons. The van der Waals surface area contributed by atoms with Gasteiger partial charge in [-0.05, 0) is 36.1 Å². The van der Waals surface area contributed by atoms with E-state index < -0.39 is 0 Å². The van der Waals surface area contributed by atoms with Crippen molar-refractivity contribution in [1.82, 2.24) is 4.98 Å². The van der Waals surface area contributed by atoms with Crippen LogP contribution in [0.2, 0.25) is 0 Å². The first-order valence-corrected chi connectivity index (χ1v) is 7.23. The number of benzene rings is 1. The van der Waals surface area contributed by atoms with Gasteiger partial charge in [0.05, 0.1) is 5.56 Å². The van der Waals surface area contributed by atoms with Crippen LogP contribution in [-0.2, 0) is 13.0 Å². The minimum Gasteiger partial charge on any atom is -0.383 e. The predicted molar refractivity (Wildman–Crippen MR) is 83.8 cm³/mol. The highest BCUT2D eigenvalue weighted by molar-refractivity contribution is 5.56. The van der Waals surface area contributed by atoms with Gasteiger partial charge in [0.25, 0.3) is 0 Å². The van der Waals surface area contributed by atoms with E-state index >= 15 is 0 Å². The molecule has 2 N–H and O–H groups in total. The Hall–Kier alpha value is -2.54. The van der Waals surface area contributed by atoms with Gasteiger partial charge in [-0.25, -0.2) is 4.98 Å². The Morgan fingerprint density at radius 1 is 1.29 bits per heavy atom. The number of hydrogen-bond donors (Lipinski definition) is 1. The smallest absolute Gasteiger partial charge is 0.143 e. The van der Waals surface area contributed by atoms with E-state index in [1.807, 2.05) is 6.07 Å². The lowest BCUT2D eigenvalue weighted by Gasteiger charge is -2.37. The summed E-state index contributed by atoms with van der Waals surface area (Å²) in [6.45, 7) is 3.03. The highest BCUT2D eigenvalue weighted by Crippen LogP contribution is 2.29. The number of fused-ring (bicyclic) bond motifs is 1. The molecular formula is C17H18N4. The van der Waals surface area contributed by atoms with Crippen LogP contribution in [0.5, 0.6) is 0 Å². The van der Waals surface area contributed by atoms with Crippen LogP contribution >= 0.6 is 0 Å². The van der Waals surface area contributed by atoms with Crippen molar-refractivity contribution in [1.29, 1.82) is 5.26 Å². The van der Waals surface area contributed by atoms with Crippen LogP contribution in [-0.4, -0.2) is 11.0 Å². The SMILES string of the molecule is CCC1Cc2ccccc2CN1c1ccc(C#N)c(N)n1. The van der Waals surface area contributed by atoms with Crippen molar-refractivity contribution >= 4 is 11.6 Å². The molecule has 0 saturated carbocycles. The third kappa shape index (κ3) is 2.43. The van der Waals surface area contributed by atoms with E-state index in [1.165, 1.54) is 11.1 Å². The zero-order chi connectivity index (χ0) is 14.8. The minimum absolute atomic E-state index is 0.309. The maximum atomic E-state index is 8.96. The van der Waals surface area contributed by atoms with E-state index in [0.717, 1.165) is 25.2 Å². The Morgan fingerprint density at radius 2 is 2.05 bits per heavy atom. The molecule has 1 aliphatic heterocycles. The van der Waals surface area contributed by atoms with E-state index in [1.54, 1.807) is 6.07 Å². The molecule has 1 aliphatic rings. The molecule has 1 unspecified atom stereocenters. The minimum atomic E-state index is 0.309. The zero-order valence-electron chi connectivity index (χ0n) is 12.1. The number of pyridine rings is 1. The number of nitrogens with two attached hydrogens (primary N) is 1. The Kier molecular flexibility index (Phi) is 3.49. The van der Waals surface area contributed by atoms with Crippen molar-refractivity contribution in [2.45, 2.75) is 32.4 Å². The Bertz CT molecular complexity index is 702. The molecule has 1 aromatic carbocycles. The Balaban J connectivity index is 1.98. The van der Waals surface area contributed by atoms with Crippen LogP contribution in [0, 0.1) is 11.3 Å². The molecule has 3 rings (SSSR count). The second-order valence-electron chi connectivity index (χ2n) is 5.38. The molecule has 0 amide bonds. The summed E-state index contributed by atoms with van der Waals surface area (Å²) in [7, 11) is 0. The third-order valence-corrected chi connectivity index (χ3v) is 4.15. The first kappa shape index (κ1) is 13.4. The van der Waals surface area contributed by atoms with Gasteiger partial charge < -0.3 is 10.6 Å². The molecule has 0 bridgehead atoms. The van der Waals surface area contributed by atoms with E-state index in [0.29, 0.717) is 17.4 Å². The standard InChI is InChI=1S/C17H18N4/c1-2-15-9-12-5-3-4-6-14(12)11-21(15)16-8-7-13(10-18)17(19)20-16/h3-8,15H,2,9,11H2,1H3,(H2,19,20). The van der Waals surface area contributed by atoms with Crippen LogP contribution in [0.1, 0.15) is 30.0 Å². The predicted octanol–water partition coefficient (Wildman–Crippen LogP) is 2.88. The summed E-state index contributed by atoms with van der Waals surface area (Å²) in [5.74, 6) is 1.16. The normalized spacial score (nSPS) is 17.1. The van der Waals surface area contributed by atoms with Crippen molar-refractivity contribution < 1.29 is 0 Å². The lowest BCUT2D eigenvalue weighted by molar-refractivity contribution is 0.534. The summed E-state index contributed by atoms with van der Waals surface area (Å²) in [5, 5.41) is 8.96. The van der Waals surface area contributed by atoms with Gasteiger partial charge in [0, 0.05) is 12.6 Å². The summed E-state index contributed by atoms with van der Waals surface area (Å²) >= 11 is 0. The molecule has 4 nitrogen and oxygen atoms in total. The molecule has 0 fully saturated rings. The van der Waals surface area contributed by atoms with Gasteiger partial charge >= 0.3 is 0 Å². The molecule has 0 spiro atoms. The van der Waals surface area contributed by atoms with Crippen LogP contribution < -0.4 is 10.6 Å². The van der Waals surface area contributed by atoms with E-state index in [2.05, 4.69) is 47.1 Å². The van der Waals surface area contributed by atoms with Crippen molar-refractivity contribution in [3.05, 3.63) is 53.1 Å². The van der Waals surface area contributed by atoms with Crippen LogP contribution in [0.15, 0.2) is 36.4 Å². The van der Waals surface area contributed by atoms with E-state index in [9.17, 15) is 0 Å². The van der Waals surface area contributed by atoms with E-state index in [4.69, 9.17) is 11.0 Å². The maximum absolute atomic E-state index is 8.96.